The molecule has 0 saturated heterocycles. The molecule has 1 N–H and O–H groups in total. The summed E-state index contributed by atoms with van der Waals surface area (Å²) in [6.45, 7) is 2.10. The summed E-state index contributed by atoms with van der Waals surface area (Å²) in [5, 5.41) is 11.7. The Kier molecular flexibility index (Phi) is 8.75. The number of nitrogens with zero attached hydrogens (tertiary/aromatic N) is 1. The molecule has 0 atom stereocenters. The molecule has 0 aliphatic rings. The zero-order valence-electron chi connectivity index (χ0n) is 12.6. The van der Waals surface area contributed by atoms with Gasteiger partial charge in [-0.05, 0) is 6.92 Å². The molecular formula is C14H19GeNO6. The van der Waals surface area contributed by atoms with Crippen LogP contribution < -0.4 is 9.30 Å². The first kappa shape index (κ1) is 18.6. The van der Waals surface area contributed by atoms with Gasteiger partial charge in [0.1, 0.15) is 0 Å². The molecule has 8 heteroatoms. The monoisotopic (exact) mass is 371 g/mol. The van der Waals surface area contributed by atoms with Gasteiger partial charge in [-0.25, -0.2) is 0 Å². The Morgan fingerprint density at radius 3 is 2.50 bits per heavy atom. The Morgan fingerprint density at radius 1 is 1.23 bits per heavy atom. The molecule has 0 bridgehead atoms. The zero-order valence-corrected chi connectivity index (χ0v) is 14.7. The van der Waals surface area contributed by atoms with E-state index in [1.54, 1.807) is 31.0 Å². The van der Waals surface area contributed by atoms with Crippen LogP contribution >= 0.6 is 0 Å². The van der Waals surface area contributed by atoms with Crippen LogP contribution in [-0.2, 0) is 23.3 Å². The number of ether oxygens (including phenoxy) is 1. The van der Waals surface area contributed by atoms with Crippen molar-refractivity contribution in [3.05, 3.63) is 24.3 Å². The zero-order chi connectivity index (χ0) is 16.4. The molecule has 0 aromatic heterocycles. The van der Waals surface area contributed by atoms with Gasteiger partial charge in [-0.3, -0.25) is 0 Å². The number of benzene rings is 1. The second-order valence-corrected chi connectivity index (χ2v) is 6.41. The normalized spacial score (nSPS) is 10.3. The minimum atomic E-state index is -1.00. The maximum atomic E-state index is 12.0. The maximum absolute atomic E-state index is 12.0. The molecule has 0 aliphatic heterocycles. The molecule has 0 heterocycles. The van der Waals surface area contributed by atoms with E-state index in [4.69, 9.17) is 9.99 Å². The van der Waals surface area contributed by atoms with Crippen LogP contribution in [0.1, 0.15) is 26.2 Å². The summed E-state index contributed by atoms with van der Waals surface area (Å²) < 4.78 is 10.3. The third kappa shape index (κ3) is 6.56. The van der Waals surface area contributed by atoms with Gasteiger partial charge in [-0.1, -0.05) is 0 Å². The molecule has 2 radical (unpaired) electrons. The summed E-state index contributed by atoms with van der Waals surface area (Å²) in [5.41, 5.74) is 0.751. The topological polar surface area (TPSA) is 85.3 Å². The van der Waals surface area contributed by atoms with Gasteiger partial charge in [-0.15, -0.1) is 0 Å². The average Bonchev–Trinajstić information content (AvgIpc) is 2.53. The average molecular weight is 370 g/mol. The molecule has 1 aromatic carbocycles. The number of hydrogen-bond acceptors (Lipinski definition) is 6. The molecule has 1 aromatic rings. The van der Waals surface area contributed by atoms with Gasteiger partial charge in [0.05, 0.1) is 0 Å². The molecule has 0 fully saturated rings. The third-order valence-corrected chi connectivity index (χ3v) is 4.43. The minimum absolute atomic E-state index is 0.0667. The number of hydrogen-bond donors (Lipinski definition) is 1. The second-order valence-electron chi connectivity index (χ2n) is 4.42. The van der Waals surface area contributed by atoms with Crippen molar-refractivity contribution in [2.45, 2.75) is 26.2 Å². The Bertz CT molecular complexity index is 479. The summed E-state index contributed by atoms with van der Waals surface area (Å²) in [4.78, 5) is 24.8. The van der Waals surface area contributed by atoms with Crippen molar-refractivity contribution in [3.8, 4) is 0 Å². The van der Waals surface area contributed by atoms with Crippen LogP contribution in [0.3, 0.4) is 0 Å². The summed E-state index contributed by atoms with van der Waals surface area (Å²) >= 11 is -1.00. The molecular weight excluding hydrogens is 351 g/mol. The molecule has 22 heavy (non-hydrogen) atoms. The van der Waals surface area contributed by atoms with Crippen LogP contribution in [0.5, 0.6) is 0 Å². The molecule has 1 rings (SSSR count). The number of amides is 1. The Balaban J connectivity index is 2.43. The summed E-state index contributed by atoms with van der Waals surface area (Å²) in [7, 11) is 1.69. The van der Waals surface area contributed by atoms with E-state index in [1.165, 1.54) is 0 Å². The number of esters is 1. The van der Waals surface area contributed by atoms with Crippen molar-refractivity contribution in [3.63, 3.8) is 0 Å². The number of carbonyl (C=O) groups is 2. The number of carbonyl (C=O) groups excluding carboxylic acids is 2. The number of rotatable bonds is 9. The predicted octanol–water partition coefficient (Wildman–Crippen LogP) is 1.05. The Labute approximate surface area is 135 Å². The first-order chi connectivity index (χ1) is 10.6. The fourth-order valence-electron chi connectivity index (χ4n) is 1.75. The first-order valence-electron chi connectivity index (χ1n) is 6.83. The molecule has 0 aliphatic carbocycles. The van der Waals surface area contributed by atoms with Crippen molar-refractivity contribution in [1.82, 2.24) is 0 Å². The predicted molar refractivity (Wildman–Crippen MR) is 80.5 cm³/mol. The molecule has 7 nitrogen and oxygen atoms in total. The molecule has 0 unspecified atom stereocenters. The third-order valence-electron chi connectivity index (χ3n) is 2.90. The van der Waals surface area contributed by atoms with Crippen molar-refractivity contribution in [2.24, 2.45) is 0 Å². The quantitative estimate of drug-likeness (QED) is 0.303. The number of anilines is 1. The second kappa shape index (κ2) is 10.3. The standard InChI is InChI=1S/C14H19GeNO6/c1-3-20-14(18)6-4-5-13(17)16(2)12-9-7-11(8-10-12)15-21-22-19/h7-10,19H,3-6H2,1-2H3. The van der Waals surface area contributed by atoms with Crippen molar-refractivity contribution in [1.29, 1.82) is 0 Å². The van der Waals surface area contributed by atoms with E-state index in [9.17, 15) is 9.59 Å². The summed E-state index contributed by atoms with van der Waals surface area (Å²) in [6, 6.07) is 7.22. The van der Waals surface area contributed by atoms with E-state index in [-0.39, 0.29) is 24.7 Å². The molecule has 120 valence electrons. The Morgan fingerprint density at radius 2 is 1.91 bits per heavy atom. The van der Waals surface area contributed by atoms with Gasteiger partial charge >= 0.3 is 128 Å². The van der Waals surface area contributed by atoms with Crippen molar-refractivity contribution >= 4 is 37.7 Å². The Hall–Kier alpha value is -1.42. The molecule has 0 saturated carbocycles. The molecule has 0 spiro atoms. The van der Waals surface area contributed by atoms with E-state index in [0.29, 0.717) is 13.0 Å². The summed E-state index contributed by atoms with van der Waals surface area (Å²) in [5.74, 6) is -0.346. The fraction of sp³-hybridized carbons (Fsp3) is 0.429. The SMILES string of the molecule is CCOC(=O)CCCC(=O)N(C)c1cc[c]([Ge][O]OO)cc1. The first-order valence-corrected chi connectivity index (χ1v) is 8.74. The van der Waals surface area contributed by atoms with Crippen LogP contribution in [0, 0.1) is 0 Å². The van der Waals surface area contributed by atoms with Crippen LogP contribution in [0.2, 0.25) is 0 Å². The van der Waals surface area contributed by atoms with Gasteiger partial charge in [-0.2, -0.15) is 0 Å². The van der Waals surface area contributed by atoms with Crippen LogP contribution in [0.25, 0.3) is 0 Å². The van der Waals surface area contributed by atoms with Crippen LogP contribution in [-0.4, -0.2) is 46.6 Å². The fourth-order valence-corrected chi connectivity index (χ4v) is 2.66. The van der Waals surface area contributed by atoms with E-state index >= 15 is 0 Å². The van der Waals surface area contributed by atoms with E-state index in [2.05, 4.69) is 8.95 Å². The van der Waals surface area contributed by atoms with Gasteiger partial charge in [0.15, 0.2) is 0 Å². The summed E-state index contributed by atoms with van der Waals surface area (Å²) in [6.07, 6.45) is 0.996. The van der Waals surface area contributed by atoms with E-state index in [1.807, 2.05) is 12.1 Å². The van der Waals surface area contributed by atoms with Crippen molar-refractivity contribution < 1.29 is 28.5 Å². The van der Waals surface area contributed by atoms with E-state index in [0.717, 1.165) is 10.1 Å². The van der Waals surface area contributed by atoms with Crippen LogP contribution in [0.15, 0.2) is 24.3 Å². The van der Waals surface area contributed by atoms with Gasteiger partial charge in [0.2, 0.25) is 0 Å². The van der Waals surface area contributed by atoms with Gasteiger partial charge in [0, 0.05) is 0 Å². The van der Waals surface area contributed by atoms with Crippen LogP contribution in [0.4, 0.5) is 5.69 Å². The van der Waals surface area contributed by atoms with Gasteiger partial charge < -0.3 is 0 Å². The van der Waals surface area contributed by atoms with Crippen molar-refractivity contribution in [2.75, 3.05) is 18.6 Å². The van der Waals surface area contributed by atoms with Gasteiger partial charge in [0.25, 0.3) is 0 Å². The van der Waals surface area contributed by atoms with E-state index < -0.39 is 15.8 Å². The molecule has 1 amide bonds.